The Morgan fingerprint density at radius 1 is 1.18 bits per heavy atom. The molecule has 2 aromatic carbocycles. The van der Waals surface area contributed by atoms with Crippen LogP contribution < -0.4 is 4.90 Å². The van der Waals surface area contributed by atoms with Gasteiger partial charge < -0.3 is 4.90 Å². The van der Waals surface area contributed by atoms with E-state index in [9.17, 15) is 18.4 Å². The minimum atomic E-state index is -4.45. The Hall–Kier alpha value is -3.15. The van der Waals surface area contributed by atoms with E-state index in [1.54, 1.807) is 42.9 Å². The predicted octanol–water partition coefficient (Wildman–Crippen LogP) is 5.30. The molecule has 0 bridgehead atoms. The molecule has 0 spiro atoms. The molecule has 1 saturated heterocycles. The zero-order valence-corrected chi connectivity index (χ0v) is 18.4. The highest BCUT2D eigenvalue weighted by molar-refractivity contribution is 6.32. The second-order valence-electron chi connectivity index (χ2n) is 7.93. The predicted molar refractivity (Wildman–Crippen MR) is 120 cm³/mol. The highest BCUT2D eigenvalue weighted by atomic mass is 35.5. The number of aromatic nitrogens is 2. The van der Waals surface area contributed by atoms with Crippen molar-refractivity contribution >= 4 is 17.3 Å². The summed E-state index contributed by atoms with van der Waals surface area (Å²) in [6.45, 7) is 2.12. The fourth-order valence-corrected chi connectivity index (χ4v) is 4.39. The topological polar surface area (TPSA) is 56.1 Å². The van der Waals surface area contributed by atoms with Gasteiger partial charge in [0.15, 0.2) is 0 Å². The van der Waals surface area contributed by atoms with Crippen LogP contribution in [0.3, 0.4) is 0 Å². The van der Waals surface area contributed by atoms with Crippen molar-refractivity contribution < 1.29 is 13.2 Å². The molecule has 3 aromatic rings. The molecular weight excluding hydrogens is 451 g/mol. The molecule has 5 nitrogen and oxygen atoms in total. The van der Waals surface area contributed by atoms with Crippen molar-refractivity contribution in [3.05, 3.63) is 88.5 Å². The van der Waals surface area contributed by atoms with Gasteiger partial charge in [-0.05, 0) is 36.2 Å². The summed E-state index contributed by atoms with van der Waals surface area (Å²) in [5.41, 5.74) is 1.39. The largest absolute Gasteiger partial charge is 0.416 e. The first-order valence-electron chi connectivity index (χ1n) is 10.4. The van der Waals surface area contributed by atoms with Gasteiger partial charge >= 0.3 is 6.18 Å². The molecule has 1 aliphatic heterocycles. The molecule has 1 atom stereocenters. The summed E-state index contributed by atoms with van der Waals surface area (Å²) in [4.78, 5) is 12.6. The molecule has 33 heavy (non-hydrogen) atoms. The minimum absolute atomic E-state index is 0.0352. The Balaban J connectivity index is 1.63. The molecule has 0 saturated carbocycles. The van der Waals surface area contributed by atoms with Crippen LogP contribution in [-0.4, -0.2) is 34.0 Å². The van der Waals surface area contributed by atoms with E-state index >= 15 is 0 Å². The lowest BCUT2D eigenvalue weighted by atomic mass is 10.0. The third kappa shape index (κ3) is 5.44. The van der Waals surface area contributed by atoms with Gasteiger partial charge in [-0.2, -0.15) is 18.4 Å². The molecule has 0 N–H and O–H groups in total. The molecule has 1 aromatic heterocycles. The van der Waals surface area contributed by atoms with Crippen molar-refractivity contribution in [2.75, 3.05) is 18.0 Å². The summed E-state index contributed by atoms with van der Waals surface area (Å²) >= 11 is 6.27. The molecule has 0 radical (unpaired) electrons. The van der Waals surface area contributed by atoms with Crippen LogP contribution in [0.15, 0.2) is 61.1 Å². The third-order valence-electron chi connectivity index (χ3n) is 5.76. The van der Waals surface area contributed by atoms with Crippen LogP contribution in [0.2, 0.25) is 5.02 Å². The zero-order valence-electron chi connectivity index (χ0n) is 17.6. The Morgan fingerprint density at radius 2 is 2.00 bits per heavy atom. The van der Waals surface area contributed by atoms with Gasteiger partial charge in [0.1, 0.15) is 6.07 Å². The fraction of sp³-hybridized carbons (Fsp3) is 0.292. The number of anilines is 1. The quantitative estimate of drug-likeness (QED) is 0.488. The van der Waals surface area contributed by atoms with Crippen LogP contribution in [-0.2, 0) is 19.3 Å². The maximum atomic E-state index is 13.6. The van der Waals surface area contributed by atoms with Gasteiger partial charge in [0.25, 0.3) is 0 Å². The molecule has 0 amide bonds. The second-order valence-corrected chi connectivity index (χ2v) is 8.34. The van der Waals surface area contributed by atoms with Crippen molar-refractivity contribution in [2.24, 2.45) is 0 Å². The Kier molecular flexibility index (Phi) is 6.82. The van der Waals surface area contributed by atoms with Gasteiger partial charge in [0, 0.05) is 56.5 Å². The molecule has 0 aliphatic carbocycles. The summed E-state index contributed by atoms with van der Waals surface area (Å²) in [6, 6.07) is 12.6. The number of nitrogens with zero attached hydrogens (tertiary/aromatic N) is 5. The monoisotopic (exact) mass is 471 g/mol. The number of halogens is 4. The molecule has 9 heteroatoms. The first-order valence-corrected chi connectivity index (χ1v) is 10.8. The van der Waals surface area contributed by atoms with E-state index in [0.29, 0.717) is 24.3 Å². The number of likely N-dealkylation sites (tertiary alicyclic amines) is 1. The fourth-order valence-electron chi connectivity index (χ4n) is 4.17. The van der Waals surface area contributed by atoms with Crippen molar-refractivity contribution in [2.45, 2.75) is 31.7 Å². The number of nitriles is 1. The van der Waals surface area contributed by atoms with Gasteiger partial charge in [-0.1, -0.05) is 29.8 Å². The molecule has 1 fully saturated rings. The highest BCUT2D eigenvalue weighted by Gasteiger charge is 2.35. The van der Waals surface area contributed by atoms with Crippen LogP contribution in [0, 0.1) is 11.3 Å². The summed E-state index contributed by atoms with van der Waals surface area (Å²) in [7, 11) is 0. The summed E-state index contributed by atoms with van der Waals surface area (Å²) in [5, 5.41) is 9.48. The molecule has 4 rings (SSSR count). The minimum Gasteiger partial charge on any atom is -0.363 e. The van der Waals surface area contributed by atoms with E-state index in [4.69, 9.17) is 11.6 Å². The van der Waals surface area contributed by atoms with E-state index in [2.05, 4.69) is 14.9 Å². The SMILES string of the molecule is N#Cc1ccc(N(Cc2ccccc2C(F)(F)F)C2CCN(Cc3cnccn3)C2)cc1Cl. The van der Waals surface area contributed by atoms with Crippen LogP contribution in [0.25, 0.3) is 0 Å². The van der Waals surface area contributed by atoms with Crippen molar-refractivity contribution in [3.63, 3.8) is 0 Å². The van der Waals surface area contributed by atoms with Crippen molar-refractivity contribution in [3.8, 4) is 6.07 Å². The maximum Gasteiger partial charge on any atom is 0.416 e. The van der Waals surface area contributed by atoms with E-state index in [1.807, 2.05) is 11.0 Å². The van der Waals surface area contributed by atoms with E-state index in [0.717, 1.165) is 24.7 Å². The Labute approximate surface area is 195 Å². The molecule has 170 valence electrons. The molecule has 2 heterocycles. The van der Waals surface area contributed by atoms with Crippen LogP contribution in [0.5, 0.6) is 0 Å². The van der Waals surface area contributed by atoms with Gasteiger partial charge in [-0.3, -0.25) is 14.9 Å². The third-order valence-corrected chi connectivity index (χ3v) is 6.07. The first kappa shape index (κ1) is 23.0. The second kappa shape index (κ2) is 9.77. The lowest BCUT2D eigenvalue weighted by Crippen LogP contribution is -2.37. The van der Waals surface area contributed by atoms with Gasteiger partial charge in [-0.15, -0.1) is 0 Å². The summed E-state index contributed by atoms with van der Waals surface area (Å²) in [6.07, 6.45) is 1.29. The lowest BCUT2D eigenvalue weighted by molar-refractivity contribution is -0.138. The average molecular weight is 472 g/mol. The zero-order chi connectivity index (χ0) is 23.4. The van der Waals surface area contributed by atoms with E-state index in [1.165, 1.54) is 12.1 Å². The summed E-state index contributed by atoms with van der Waals surface area (Å²) in [5.74, 6) is 0. The van der Waals surface area contributed by atoms with Crippen LogP contribution in [0.1, 0.15) is 28.8 Å². The lowest BCUT2D eigenvalue weighted by Gasteiger charge is -2.32. The van der Waals surface area contributed by atoms with E-state index in [-0.39, 0.29) is 23.2 Å². The van der Waals surface area contributed by atoms with Crippen molar-refractivity contribution in [1.29, 1.82) is 5.26 Å². The Morgan fingerprint density at radius 3 is 2.70 bits per heavy atom. The number of hydrogen-bond donors (Lipinski definition) is 0. The number of rotatable bonds is 6. The van der Waals surface area contributed by atoms with Crippen molar-refractivity contribution in [1.82, 2.24) is 14.9 Å². The first-order chi connectivity index (χ1) is 15.8. The molecule has 1 unspecified atom stereocenters. The smallest absolute Gasteiger partial charge is 0.363 e. The normalized spacial score (nSPS) is 16.5. The van der Waals surface area contributed by atoms with E-state index < -0.39 is 11.7 Å². The van der Waals surface area contributed by atoms with Gasteiger partial charge in [0.05, 0.1) is 21.8 Å². The average Bonchev–Trinajstić information content (AvgIpc) is 3.25. The number of alkyl halides is 3. The standard InChI is InChI=1S/C24H21ClF3N5/c25-23-11-20(6-5-17(23)12-29)33(14-18-3-1-2-4-22(18)24(26,27)28)21-7-10-32(16-21)15-19-13-30-8-9-31-19/h1-6,8-9,11,13,21H,7,10,14-16H2. The Bertz CT molecular complexity index is 1150. The number of hydrogen-bond acceptors (Lipinski definition) is 5. The number of benzene rings is 2. The van der Waals surface area contributed by atoms with Crippen LogP contribution >= 0.6 is 11.6 Å². The maximum absolute atomic E-state index is 13.6. The molecular formula is C24H21ClF3N5. The summed E-state index contributed by atoms with van der Waals surface area (Å²) < 4.78 is 40.9. The van der Waals surface area contributed by atoms with Gasteiger partial charge in [-0.25, -0.2) is 0 Å². The highest BCUT2D eigenvalue weighted by Crippen LogP contribution is 2.35. The van der Waals surface area contributed by atoms with Gasteiger partial charge in [0.2, 0.25) is 0 Å². The van der Waals surface area contributed by atoms with Crippen LogP contribution in [0.4, 0.5) is 18.9 Å². The molecule has 1 aliphatic rings.